The molecule has 0 amide bonds. The monoisotopic (exact) mass is 333 g/mol. The topological polar surface area (TPSA) is 50.9 Å². The number of nitrogens with two attached hydrogens (primary N) is 1. The predicted molar refractivity (Wildman–Crippen MR) is 69.9 cm³/mol. The van der Waals surface area contributed by atoms with Gasteiger partial charge in [-0.15, -0.1) is 11.3 Å². The van der Waals surface area contributed by atoms with Gasteiger partial charge in [-0.1, -0.05) is 15.9 Å². The van der Waals surface area contributed by atoms with Gasteiger partial charge < -0.3 is 0 Å². The summed E-state index contributed by atoms with van der Waals surface area (Å²) in [4.78, 5) is 4.08. The molecule has 1 atom stereocenters. The minimum Gasteiger partial charge on any atom is -0.271 e. The molecular weight excluding hydrogens is 324 g/mol. The second-order valence-corrected chi connectivity index (χ2v) is 5.53. The molecule has 0 radical (unpaired) electrons. The number of aromatic nitrogens is 1. The Balaban J connectivity index is 2.33. The van der Waals surface area contributed by atoms with E-state index in [0.29, 0.717) is 10.9 Å². The lowest BCUT2D eigenvalue weighted by molar-refractivity contribution is 0.472. The van der Waals surface area contributed by atoms with Gasteiger partial charge in [0.2, 0.25) is 0 Å². The van der Waals surface area contributed by atoms with Gasteiger partial charge in [0.15, 0.2) is 0 Å². The molecule has 1 heterocycles. The largest absolute Gasteiger partial charge is 0.271 e. The Morgan fingerprint density at radius 1 is 1.39 bits per heavy atom. The van der Waals surface area contributed by atoms with Gasteiger partial charge in [-0.3, -0.25) is 11.3 Å². The first kappa shape index (κ1) is 13.5. The molecule has 1 aromatic carbocycles. The molecule has 1 aromatic heterocycles. The first-order valence-electron chi connectivity index (χ1n) is 5.10. The van der Waals surface area contributed by atoms with Crippen molar-refractivity contribution in [3.8, 4) is 0 Å². The Bertz CT molecular complexity index is 510. The average Bonchev–Trinajstić information content (AvgIpc) is 2.79. The molecular formula is C11H10BrF2N3S. The highest BCUT2D eigenvalue weighted by Crippen LogP contribution is 2.27. The lowest BCUT2D eigenvalue weighted by Crippen LogP contribution is -2.31. The van der Waals surface area contributed by atoms with Crippen LogP contribution in [-0.2, 0) is 6.42 Å². The van der Waals surface area contributed by atoms with Crippen molar-refractivity contribution in [2.75, 3.05) is 0 Å². The van der Waals surface area contributed by atoms with Crippen molar-refractivity contribution in [2.24, 2.45) is 5.84 Å². The molecule has 18 heavy (non-hydrogen) atoms. The molecule has 3 nitrogen and oxygen atoms in total. The van der Waals surface area contributed by atoms with Crippen molar-refractivity contribution >= 4 is 27.3 Å². The Kier molecular flexibility index (Phi) is 4.39. The van der Waals surface area contributed by atoms with Crippen LogP contribution in [-0.4, -0.2) is 4.98 Å². The molecule has 96 valence electrons. The first-order chi connectivity index (χ1) is 8.61. The van der Waals surface area contributed by atoms with Crippen molar-refractivity contribution in [1.82, 2.24) is 10.4 Å². The fraction of sp³-hybridized carbons (Fsp3) is 0.182. The summed E-state index contributed by atoms with van der Waals surface area (Å²) in [7, 11) is 0. The number of halogens is 3. The molecule has 1 unspecified atom stereocenters. The summed E-state index contributed by atoms with van der Waals surface area (Å²) >= 11 is 4.45. The number of nitrogens with one attached hydrogen (secondary N) is 1. The number of thiazole rings is 1. The van der Waals surface area contributed by atoms with E-state index in [-0.39, 0.29) is 5.56 Å². The van der Waals surface area contributed by atoms with Crippen LogP contribution in [0.1, 0.15) is 16.6 Å². The number of benzene rings is 1. The molecule has 0 spiro atoms. The zero-order valence-electron chi connectivity index (χ0n) is 9.16. The second kappa shape index (κ2) is 5.83. The summed E-state index contributed by atoms with van der Waals surface area (Å²) in [6.07, 6.45) is 1.98. The van der Waals surface area contributed by atoms with Crippen LogP contribution in [0.4, 0.5) is 8.78 Å². The summed E-state index contributed by atoms with van der Waals surface area (Å²) in [5, 5.41) is 2.57. The maximum atomic E-state index is 13.8. The third-order valence-corrected chi connectivity index (χ3v) is 3.72. The van der Waals surface area contributed by atoms with Crippen molar-refractivity contribution in [1.29, 1.82) is 0 Å². The normalized spacial score (nSPS) is 12.7. The van der Waals surface area contributed by atoms with E-state index < -0.39 is 17.7 Å². The van der Waals surface area contributed by atoms with Crippen LogP contribution in [0.3, 0.4) is 0 Å². The molecule has 0 aliphatic rings. The third-order valence-electron chi connectivity index (χ3n) is 2.46. The number of hydrogen-bond donors (Lipinski definition) is 2. The van der Waals surface area contributed by atoms with Crippen molar-refractivity contribution in [2.45, 2.75) is 12.5 Å². The molecule has 0 fully saturated rings. The number of hydrogen-bond acceptors (Lipinski definition) is 4. The van der Waals surface area contributed by atoms with E-state index >= 15 is 0 Å². The summed E-state index contributed by atoms with van der Waals surface area (Å²) < 4.78 is 27.9. The number of hydrazine groups is 1. The van der Waals surface area contributed by atoms with Crippen LogP contribution in [0.5, 0.6) is 0 Å². The summed E-state index contributed by atoms with van der Waals surface area (Å²) in [5.41, 5.74) is 2.36. The van der Waals surface area contributed by atoms with E-state index in [2.05, 4.69) is 26.3 Å². The molecule has 2 rings (SSSR count). The molecule has 0 saturated heterocycles. The smallest absolute Gasteiger partial charge is 0.132 e. The Labute approximate surface area is 115 Å². The van der Waals surface area contributed by atoms with Crippen LogP contribution >= 0.6 is 27.3 Å². The maximum absolute atomic E-state index is 13.8. The molecule has 0 aliphatic carbocycles. The van der Waals surface area contributed by atoms with E-state index in [1.807, 2.05) is 0 Å². The molecule has 7 heteroatoms. The van der Waals surface area contributed by atoms with E-state index in [0.717, 1.165) is 5.01 Å². The van der Waals surface area contributed by atoms with Crippen LogP contribution in [0.15, 0.2) is 28.2 Å². The van der Waals surface area contributed by atoms with Gasteiger partial charge in [0.05, 0.1) is 11.0 Å². The van der Waals surface area contributed by atoms with Crippen LogP contribution in [0.25, 0.3) is 0 Å². The highest BCUT2D eigenvalue weighted by Gasteiger charge is 2.21. The molecule has 0 aliphatic heterocycles. The van der Waals surface area contributed by atoms with Crippen molar-refractivity contribution < 1.29 is 8.78 Å². The Morgan fingerprint density at radius 3 is 2.56 bits per heavy atom. The SMILES string of the molecule is NNC(Cc1nccs1)c1c(F)cc(Br)cc1F. The molecule has 0 saturated carbocycles. The predicted octanol–water partition coefficient (Wildman–Crippen LogP) is 2.93. The number of rotatable bonds is 4. The quantitative estimate of drug-likeness (QED) is 0.668. The maximum Gasteiger partial charge on any atom is 0.132 e. The lowest BCUT2D eigenvalue weighted by Gasteiger charge is -2.16. The second-order valence-electron chi connectivity index (χ2n) is 3.63. The minimum absolute atomic E-state index is 0.0732. The van der Waals surface area contributed by atoms with Crippen LogP contribution in [0, 0.1) is 11.6 Å². The fourth-order valence-corrected chi connectivity index (χ4v) is 2.72. The van der Waals surface area contributed by atoms with Gasteiger partial charge in [-0.2, -0.15) is 0 Å². The van der Waals surface area contributed by atoms with Gasteiger partial charge >= 0.3 is 0 Å². The zero-order valence-corrected chi connectivity index (χ0v) is 11.6. The fourth-order valence-electron chi connectivity index (χ4n) is 1.66. The Morgan fingerprint density at radius 2 is 2.06 bits per heavy atom. The van der Waals surface area contributed by atoms with E-state index in [1.54, 1.807) is 11.6 Å². The van der Waals surface area contributed by atoms with Gasteiger partial charge in [0.1, 0.15) is 11.6 Å². The molecule has 0 bridgehead atoms. The first-order valence-corrected chi connectivity index (χ1v) is 6.78. The van der Waals surface area contributed by atoms with Gasteiger partial charge in [-0.05, 0) is 12.1 Å². The van der Waals surface area contributed by atoms with Gasteiger partial charge in [0, 0.05) is 28.0 Å². The van der Waals surface area contributed by atoms with E-state index in [1.165, 1.54) is 23.5 Å². The lowest BCUT2D eigenvalue weighted by atomic mass is 10.0. The van der Waals surface area contributed by atoms with Crippen LogP contribution < -0.4 is 11.3 Å². The highest BCUT2D eigenvalue weighted by molar-refractivity contribution is 9.10. The van der Waals surface area contributed by atoms with Gasteiger partial charge in [0.25, 0.3) is 0 Å². The van der Waals surface area contributed by atoms with Crippen molar-refractivity contribution in [3.05, 3.63) is 50.4 Å². The third kappa shape index (κ3) is 2.92. The summed E-state index contributed by atoms with van der Waals surface area (Å²) in [6, 6.07) is 1.78. The van der Waals surface area contributed by atoms with Crippen molar-refractivity contribution in [3.63, 3.8) is 0 Å². The number of nitrogens with zero attached hydrogens (tertiary/aromatic N) is 1. The van der Waals surface area contributed by atoms with Gasteiger partial charge in [-0.25, -0.2) is 13.8 Å². The zero-order chi connectivity index (χ0) is 13.1. The van der Waals surface area contributed by atoms with E-state index in [9.17, 15) is 8.78 Å². The summed E-state index contributed by atoms with van der Waals surface area (Å²) in [6.45, 7) is 0. The molecule has 3 N–H and O–H groups in total. The summed E-state index contributed by atoms with van der Waals surface area (Å²) in [5.74, 6) is 4.10. The molecule has 2 aromatic rings. The van der Waals surface area contributed by atoms with E-state index in [4.69, 9.17) is 5.84 Å². The minimum atomic E-state index is -0.649. The average molecular weight is 334 g/mol. The standard InChI is InChI=1S/C11H10BrF2N3S/c12-6-3-7(13)11(8(14)4-6)9(17-15)5-10-16-1-2-18-10/h1-4,9,17H,5,15H2. The Hall–Kier alpha value is -0.890. The highest BCUT2D eigenvalue weighted by atomic mass is 79.9. The van der Waals surface area contributed by atoms with Crippen LogP contribution in [0.2, 0.25) is 0 Å².